The number of hydrogen-bond acceptors (Lipinski definition) is 5. The zero-order valence-electron chi connectivity index (χ0n) is 14.3. The number of thioether (sulfide) groups is 1. The Kier molecular flexibility index (Phi) is 5.82. The van der Waals surface area contributed by atoms with Gasteiger partial charge in [0.1, 0.15) is 12.1 Å². The van der Waals surface area contributed by atoms with Gasteiger partial charge >= 0.3 is 0 Å². The Hall–Kier alpha value is -3.20. The van der Waals surface area contributed by atoms with Crippen LogP contribution in [0.1, 0.15) is 10.4 Å². The third kappa shape index (κ3) is 5.14. The number of carbonyl (C=O) groups is 2. The van der Waals surface area contributed by atoms with Crippen molar-refractivity contribution in [3.63, 3.8) is 0 Å². The van der Waals surface area contributed by atoms with Gasteiger partial charge in [-0.1, -0.05) is 17.8 Å². The molecule has 27 heavy (non-hydrogen) atoms. The summed E-state index contributed by atoms with van der Waals surface area (Å²) in [6, 6.07) is 12.1. The minimum Gasteiger partial charge on any atom is -0.325 e. The topological polar surface area (TPSA) is 88.9 Å². The predicted molar refractivity (Wildman–Crippen MR) is 101 cm³/mol. The van der Waals surface area contributed by atoms with Crippen LogP contribution in [0.4, 0.5) is 15.8 Å². The maximum atomic E-state index is 13.2. The number of carbonyl (C=O) groups excluding carboxylic acids is 2. The zero-order valence-corrected chi connectivity index (χ0v) is 15.2. The number of aromatic nitrogens is 3. The second-order valence-electron chi connectivity index (χ2n) is 5.60. The van der Waals surface area contributed by atoms with E-state index >= 15 is 0 Å². The number of amides is 2. The van der Waals surface area contributed by atoms with E-state index in [4.69, 9.17) is 0 Å². The molecule has 0 spiro atoms. The first-order valence-electron chi connectivity index (χ1n) is 7.95. The molecule has 0 aliphatic heterocycles. The lowest BCUT2D eigenvalue weighted by Gasteiger charge is -2.08. The second-order valence-corrected chi connectivity index (χ2v) is 6.55. The summed E-state index contributed by atoms with van der Waals surface area (Å²) in [6.45, 7) is 0. The highest BCUT2D eigenvalue weighted by Crippen LogP contribution is 2.16. The smallest absolute Gasteiger partial charge is 0.255 e. The molecule has 2 aromatic carbocycles. The van der Waals surface area contributed by atoms with Gasteiger partial charge in [0.15, 0.2) is 5.16 Å². The summed E-state index contributed by atoms with van der Waals surface area (Å²) in [4.78, 5) is 24.2. The quantitative estimate of drug-likeness (QED) is 0.637. The number of anilines is 2. The molecule has 9 heteroatoms. The molecule has 3 aromatic rings. The van der Waals surface area contributed by atoms with E-state index < -0.39 is 5.82 Å². The molecule has 0 aliphatic carbocycles. The van der Waals surface area contributed by atoms with Gasteiger partial charge in [0, 0.05) is 24.0 Å². The molecule has 0 aliphatic rings. The lowest BCUT2D eigenvalue weighted by molar-refractivity contribution is -0.113. The van der Waals surface area contributed by atoms with Crippen LogP contribution in [0.3, 0.4) is 0 Å². The molecular weight excluding hydrogens is 369 g/mol. The number of benzene rings is 2. The number of hydrogen-bond donors (Lipinski definition) is 2. The van der Waals surface area contributed by atoms with Crippen LogP contribution in [-0.4, -0.2) is 32.3 Å². The molecule has 3 rings (SSSR count). The van der Waals surface area contributed by atoms with Crippen molar-refractivity contribution in [3.05, 3.63) is 66.2 Å². The summed E-state index contributed by atoms with van der Waals surface area (Å²) in [5.74, 6) is -0.796. The van der Waals surface area contributed by atoms with Gasteiger partial charge in [0.25, 0.3) is 5.91 Å². The van der Waals surface area contributed by atoms with Gasteiger partial charge in [-0.25, -0.2) is 4.39 Å². The van der Waals surface area contributed by atoms with Gasteiger partial charge in [-0.05, 0) is 42.5 Å². The van der Waals surface area contributed by atoms with Gasteiger partial charge in [0.05, 0.1) is 5.75 Å². The molecule has 0 atom stereocenters. The molecule has 0 unspecified atom stereocenters. The molecule has 0 bridgehead atoms. The molecule has 1 heterocycles. The normalized spacial score (nSPS) is 10.4. The van der Waals surface area contributed by atoms with Crippen molar-refractivity contribution in [3.8, 4) is 0 Å². The predicted octanol–water partition coefficient (Wildman–Crippen LogP) is 2.94. The van der Waals surface area contributed by atoms with Crippen molar-refractivity contribution in [1.29, 1.82) is 0 Å². The summed E-state index contributed by atoms with van der Waals surface area (Å²) >= 11 is 1.27. The van der Waals surface area contributed by atoms with Crippen LogP contribution >= 0.6 is 11.8 Å². The van der Waals surface area contributed by atoms with E-state index in [2.05, 4.69) is 20.8 Å². The third-order valence-electron chi connectivity index (χ3n) is 3.52. The summed E-state index contributed by atoms with van der Waals surface area (Å²) in [5.41, 5.74) is 1.34. The van der Waals surface area contributed by atoms with Crippen molar-refractivity contribution in [1.82, 2.24) is 14.8 Å². The third-order valence-corrected chi connectivity index (χ3v) is 4.55. The average molecular weight is 385 g/mol. The summed E-state index contributed by atoms with van der Waals surface area (Å²) in [7, 11) is 1.80. The van der Waals surface area contributed by atoms with Gasteiger partial charge in [0.2, 0.25) is 5.91 Å². The molecule has 2 amide bonds. The summed E-state index contributed by atoms with van der Waals surface area (Å²) < 4.78 is 14.9. The van der Waals surface area contributed by atoms with Crippen LogP contribution in [0.5, 0.6) is 0 Å². The molecule has 0 saturated carbocycles. The molecule has 2 N–H and O–H groups in total. The minimum absolute atomic E-state index is 0.189. The second kappa shape index (κ2) is 8.45. The van der Waals surface area contributed by atoms with Crippen LogP contribution in [0, 0.1) is 5.82 Å². The lowest BCUT2D eigenvalue weighted by atomic mass is 10.2. The average Bonchev–Trinajstić information content (AvgIpc) is 3.05. The van der Waals surface area contributed by atoms with Crippen LogP contribution in [0.25, 0.3) is 0 Å². The van der Waals surface area contributed by atoms with Crippen LogP contribution in [-0.2, 0) is 11.8 Å². The molecule has 0 saturated heterocycles. The van der Waals surface area contributed by atoms with Crippen LogP contribution in [0.15, 0.2) is 60.0 Å². The Morgan fingerprint density at radius 3 is 2.56 bits per heavy atom. The molecular formula is C18H16FN5O2S. The highest BCUT2D eigenvalue weighted by molar-refractivity contribution is 7.99. The summed E-state index contributed by atoms with van der Waals surface area (Å²) in [6.07, 6.45) is 1.56. The zero-order chi connectivity index (χ0) is 19.2. The number of aryl methyl sites for hydroxylation is 1. The Labute approximate surface area is 159 Å². The van der Waals surface area contributed by atoms with E-state index in [1.54, 1.807) is 48.3 Å². The number of nitrogens with zero attached hydrogens (tertiary/aromatic N) is 3. The molecule has 7 nitrogen and oxygen atoms in total. The van der Waals surface area contributed by atoms with E-state index in [0.717, 1.165) is 0 Å². The fourth-order valence-corrected chi connectivity index (χ4v) is 2.89. The SMILES string of the molecule is Cn1cnnc1SCC(=O)Nc1ccc(C(=O)Nc2cccc(F)c2)cc1. The standard InChI is InChI=1S/C18H16FN5O2S/c1-24-11-20-23-18(24)27-10-16(25)21-14-7-5-12(6-8-14)17(26)22-15-4-2-3-13(19)9-15/h2-9,11H,10H2,1H3,(H,21,25)(H,22,26). The highest BCUT2D eigenvalue weighted by atomic mass is 32.2. The monoisotopic (exact) mass is 385 g/mol. The van der Waals surface area contributed by atoms with Crippen molar-refractivity contribution < 1.29 is 14.0 Å². The Bertz CT molecular complexity index is 958. The van der Waals surface area contributed by atoms with Crippen LogP contribution in [0.2, 0.25) is 0 Å². The first-order valence-corrected chi connectivity index (χ1v) is 8.93. The van der Waals surface area contributed by atoms with Gasteiger partial charge < -0.3 is 15.2 Å². The van der Waals surface area contributed by atoms with E-state index in [1.165, 1.54) is 30.0 Å². The highest BCUT2D eigenvalue weighted by Gasteiger charge is 2.09. The summed E-state index contributed by atoms with van der Waals surface area (Å²) in [5, 5.41) is 13.7. The van der Waals surface area contributed by atoms with E-state index in [9.17, 15) is 14.0 Å². The van der Waals surface area contributed by atoms with Gasteiger partial charge in [-0.15, -0.1) is 10.2 Å². The number of rotatable bonds is 6. The molecule has 0 radical (unpaired) electrons. The fourth-order valence-electron chi connectivity index (χ4n) is 2.20. The first kappa shape index (κ1) is 18.6. The minimum atomic E-state index is -0.426. The molecule has 1 aromatic heterocycles. The van der Waals surface area contributed by atoms with Crippen molar-refractivity contribution in [2.75, 3.05) is 16.4 Å². The van der Waals surface area contributed by atoms with Crippen molar-refractivity contribution in [2.24, 2.45) is 7.05 Å². The number of nitrogens with one attached hydrogen (secondary N) is 2. The van der Waals surface area contributed by atoms with Crippen molar-refractivity contribution >= 4 is 35.0 Å². The fraction of sp³-hybridized carbons (Fsp3) is 0.111. The van der Waals surface area contributed by atoms with Crippen LogP contribution < -0.4 is 10.6 Å². The van der Waals surface area contributed by atoms with Crippen molar-refractivity contribution in [2.45, 2.75) is 5.16 Å². The molecule has 0 fully saturated rings. The van der Waals surface area contributed by atoms with E-state index in [1.807, 2.05) is 0 Å². The van der Waals surface area contributed by atoms with E-state index in [-0.39, 0.29) is 17.6 Å². The largest absolute Gasteiger partial charge is 0.325 e. The number of halogens is 1. The maximum Gasteiger partial charge on any atom is 0.255 e. The Morgan fingerprint density at radius 1 is 1.11 bits per heavy atom. The Morgan fingerprint density at radius 2 is 1.89 bits per heavy atom. The van der Waals surface area contributed by atoms with Gasteiger partial charge in [-0.2, -0.15) is 0 Å². The maximum absolute atomic E-state index is 13.2. The molecule has 138 valence electrons. The van der Waals surface area contributed by atoms with E-state index in [0.29, 0.717) is 22.1 Å². The Balaban J connectivity index is 1.54. The first-order chi connectivity index (χ1) is 13.0. The lowest BCUT2D eigenvalue weighted by Crippen LogP contribution is -2.15. The van der Waals surface area contributed by atoms with Gasteiger partial charge in [-0.3, -0.25) is 9.59 Å².